The molecule has 0 amide bonds. The van der Waals surface area contributed by atoms with Crippen LogP contribution >= 0.6 is 11.3 Å². The minimum Gasteiger partial charge on any atom is -0.338 e. The van der Waals surface area contributed by atoms with Gasteiger partial charge in [-0.15, -0.1) is 11.3 Å². The molecule has 0 radical (unpaired) electrons. The van der Waals surface area contributed by atoms with Crippen LogP contribution in [0.25, 0.3) is 55.0 Å². The molecule has 7 heterocycles. The number of ketones is 1. The number of H-pyrrole nitrogens is 2. The van der Waals surface area contributed by atoms with E-state index in [1.54, 1.807) is 13.1 Å². The van der Waals surface area contributed by atoms with E-state index in [2.05, 4.69) is 53.2 Å². The van der Waals surface area contributed by atoms with Crippen LogP contribution in [0, 0.1) is 0 Å². The molecule has 8 nitrogen and oxygen atoms in total. The summed E-state index contributed by atoms with van der Waals surface area (Å²) in [4.78, 5) is 33.3. The fourth-order valence-electron chi connectivity index (χ4n) is 5.24. The maximum atomic E-state index is 11.8. The molecule has 188 valence electrons. The molecular weight excluding hydrogens is 494 g/mol. The number of fused-ring (bicyclic) bond motifs is 2. The highest BCUT2D eigenvalue weighted by Gasteiger charge is 2.17. The van der Waals surface area contributed by atoms with Crippen LogP contribution < -0.4 is 0 Å². The van der Waals surface area contributed by atoms with Crippen LogP contribution in [0.5, 0.6) is 0 Å². The summed E-state index contributed by atoms with van der Waals surface area (Å²) in [7, 11) is 0. The molecule has 6 aromatic rings. The topological polar surface area (TPSA) is 103 Å². The lowest BCUT2D eigenvalue weighted by Gasteiger charge is -2.14. The molecular formula is C29H25N7OS. The van der Waals surface area contributed by atoms with E-state index in [1.165, 1.54) is 29.7 Å². The van der Waals surface area contributed by atoms with Crippen molar-refractivity contribution in [1.82, 2.24) is 35.0 Å². The number of aromatic nitrogens is 6. The third-order valence-electron chi connectivity index (χ3n) is 7.16. The Morgan fingerprint density at radius 2 is 1.87 bits per heavy atom. The molecule has 0 bridgehead atoms. The van der Waals surface area contributed by atoms with Crippen molar-refractivity contribution in [1.29, 1.82) is 0 Å². The lowest BCUT2D eigenvalue weighted by Crippen LogP contribution is -2.18. The number of rotatable bonds is 6. The number of Topliss-reactive ketones (excluding diaryl/α,β-unsaturated/α-hetero) is 1. The highest BCUT2D eigenvalue weighted by Crippen LogP contribution is 2.36. The van der Waals surface area contributed by atoms with Gasteiger partial charge in [0.25, 0.3) is 0 Å². The smallest absolute Gasteiger partial charge is 0.181 e. The summed E-state index contributed by atoms with van der Waals surface area (Å²) >= 11 is 1.50. The molecule has 0 spiro atoms. The Morgan fingerprint density at radius 3 is 2.71 bits per heavy atom. The van der Waals surface area contributed by atoms with Gasteiger partial charge in [0.2, 0.25) is 0 Å². The Kier molecular flexibility index (Phi) is 5.60. The molecule has 0 aromatic carbocycles. The molecule has 6 aromatic heterocycles. The minimum atomic E-state index is 0.0744. The zero-order valence-corrected chi connectivity index (χ0v) is 21.7. The van der Waals surface area contributed by atoms with E-state index in [1.807, 2.05) is 36.8 Å². The average molecular weight is 520 g/mol. The van der Waals surface area contributed by atoms with Gasteiger partial charge in [-0.3, -0.25) is 19.8 Å². The Bertz CT molecular complexity index is 1810. The Hall–Kier alpha value is -4.21. The molecule has 1 fully saturated rings. The number of aromatic amines is 2. The van der Waals surface area contributed by atoms with Gasteiger partial charge in [0.15, 0.2) is 11.4 Å². The number of carbonyl (C=O) groups excluding carboxylic acids is 1. The number of nitrogens with one attached hydrogen (secondary N) is 2. The number of hydrogen-bond donors (Lipinski definition) is 2. The fraction of sp³-hybridized carbons (Fsp3) is 0.207. The van der Waals surface area contributed by atoms with Crippen LogP contribution in [-0.4, -0.2) is 53.9 Å². The van der Waals surface area contributed by atoms with Gasteiger partial charge in [-0.2, -0.15) is 5.10 Å². The van der Waals surface area contributed by atoms with Crippen molar-refractivity contribution in [2.24, 2.45) is 0 Å². The Labute approximate surface area is 222 Å². The number of nitrogens with zero attached hydrogens (tertiary/aromatic N) is 5. The van der Waals surface area contributed by atoms with Gasteiger partial charge in [-0.1, -0.05) is 0 Å². The SMILES string of the molecule is CC(=O)c1ccc(-c2ccnc3[nH]c(-c4[nH]nc5ncc(-c6cncc(CN7CCCC7)c6)cc45)cc23)s1. The monoisotopic (exact) mass is 519 g/mol. The van der Waals surface area contributed by atoms with Crippen molar-refractivity contribution >= 4 is 39.2 Å². The number of hydrogen-bond acceptors (Lipinski definition) is 7. The van der Waals surface area contributed by atoms with E-state index in [0.29, 0.717) is 5.65 Å². The van der Waals surface area contributed by atoms with E-state index in [4.69, 9.17) is 0 Å². The molecule has 2 N–H and O–H groups in total. The zero-order chi connectivity index (χ0) is 25.6. The van der Waals surface area contributed by atoms with Crippen molar-refractivity contribution in [2.45, 2.75) is 26.3 Å². The fourth-order valence-corrected chi connectivity index (χ4v) is 6.18. The number of pyridine rings is 3. The van der Waals surface area contributed by atoms with Crippen molar-refractivity contribution < 1.29 is 4.79 Å². The van der Waals surface area contributed by atoms with Crippen LogP contribution in [0.1, 0.15) is 35.0 Å². The van der Waals surface area contributed by atoms with Crippen LogP contribution in [0.2, 0.25) is 0 Å². The van der Waals surface area contributed by atoms with Crippen molar-refractivity contribution in [3.63, 3.8) is 0 Å². The minimum absolute atomic E-state index is 0.0744. The van der Waals surface area contributed by atoms with Crippen molar-refractivity contribution in [2.75, 3.05) is 13.1 Å². The highest BCUT2D eigenvalue weighted by molar-refractivity contribution is 7.17. The quantitative estimate of drug-likeness (QED) is 0.258. The zero-order valence-electron chi connectivity index (χ0n) is 20.9. The third kappa shape index (κ3) is 4.09. The van der Waals surface area contributed by atoms with Crippen molar-refractivity contribution in [3.8, 4) is 33.0 Å². The first kappa shape index (κ1) is 22.9. The first-order chi connectivity index (χ1) is 18.6. The molecule has 0 saturated carbocycles. The number of thiophene rings is 1. The van der Waals surface area contributed by atoms with E-state index >= 15 is 0 Å². The van der Waals surface area contributed by atoms with E-state index in [-0.39, 0.29) is 5.78 Å². The molecule has 9 heteroatoms. The highest BCUT2D eigenvalue weighted by atomic mass is 32.1. The third-order valence-corrected chi connectivity index (χ3v) is 8.38. The lowest BCUT2D eigenvalue weighted by molar-refractivity contribution is 0.102. The van der Waals surface area contributed by atoms with Crippen LogP contribution in [0.4, 0.5) is 0 Å². The van der Waals surface area contributed by atoms with Crippen LogP contribution in [-0.2, 0) is 6.54 Å². The van der Waals surface area contributed by atoms with Gasteiger partial charge in [-0.05, 0) is 74.8 Å². The van der Waals surface area contributed by atoms with Crippen LogP contribution in [0.15, 0.2) is 61.2 Å². The van der Waals surface area contributed by atoms with Gasteiger partial charge in [-0.25, -0.2) is 9.97 Å². The van der Waals surface area contributed by atoms with E-state index in [9.17, 15) is 4.79 Å². The first-order valence-corrected chi connectivity index (χ1v) is 13.5. The molecule has 1 aliphatic rings. The summed E-state index contributed by atoms with van der Waals surface area (Å²) < 4.78 is 0. The predicted molar refractivity (Wildman–Crippen MR) is 150 cm³/mol. The summed E-state index contributed by atoms with van der Waals surface area (Å²) in [5.74, 6) is 0.0744. The normalized spacial score (nSPS) is 14.1. The summed E-state index contributed by atoms with van der Waals surface area (Å²) in [6.45, 7) is 4.83. The summed E-state index contributed by atoms with van der Waals surface area (Å²) in [5.41, 5.74) is 7.47. The molecule has 0 atom stereocenters. The molecule has 0 aliphatic carbocycles. The maximum absolute atomic E-state index is 11.8. The largest absolute Gasteiger partial charge is 0.338 e. The average Bonchev–Trinajstić information content (AvgIpc) is 3.74. The standard InChI is InChI=1S/C29H25N7OS/c1-17(37)25-4-5-26(38-25)21-6-7-31-28-22(21)12-24(33-28)27-23-11-20(15-32-29(23)35-34-27)19-10-18(13-30-14-19)16-36-8-2-3-9-36/h4-7,10-15H,2-3,8-9,16H2,1H3,(H,31,33)(H,32,34,35). The maximum Gasteiger partial charge on any atom is 0.181 e. The predicted octanol–water partition coefficient (Wildman–Crippen LogP) is 6.09. The Morgan fingerprint density at radius 1 is 1.00 bits per heavy atom. The number of likely N-dealkylation sites (tertiary alicyclic amines) is 1. The summed E-state index contributed by atoms with van der Waals surface area (Å²) in [6, 6.07) is 12.3. The first-order valence-electron chi connectivity index (χ1n) is 12.7. The van der Waals surface area contributed by atoms with Crippen LogP contribution in [0.3, 0.4) is 0 Å². The summed E-state index contributed by atoms with van der Waals surface area (Å²) in [6.07, 6.45) is 10.0. The van der Waals surface area contributed by atoms with Gasteiger partial charge in [0, 0.05) is 63.7 Å². The molecule has 38 heavy (non-hydrogen) atoms. The molecule has 7 rings (SSSR count). The molecule has 1 saturated heterocycles. The number of carbonyl (C=O) groups is 1. The second kappa shape index (κ2) is 9.27. The second-order valence-corrected chi connectivity index (χ2v) is 10.9. The van der Waals surface area contributed by atoms with E-state index in [0.717, 1.165) is 73.9 Å². The molecule has 1 aliphatic heterocycles. The lowest BCUT2D eigenvalue weighted by atomic mass is 10.1. The van der Waals surface area contributed by atoms with Crippen molar-refractivity contribution in [3.05, 3.63) is 71.6 Å². The van der Waals surface area contributed by atoms with E-state index < -0.39 is 0 Å². The summed E-state index contributed by atoms with van der Waals surface area (Å²) in [5, 5.41) is 9.54. The Balaban J connectivity index is 1.27. The van der Waals surface area contributed by atoms with Gasteiger partial charge < -0.3 is 4.98 Å². The molecule has 0 unspecified atom stereocenters. The van der Waals surface area contributed by atoms with Gasteiger partial charge >= 0.3 is 0 Å². The van der Waals surface area contributed by atoms with Gasteiger partial charge in [0.05, 0.1) is 16.3 Å². The van der Waals surface area contributed by atoms with Gasteiger partial charge in [0.1, 0.15) is 5.65 Å². The second-order valence-electron chi connectivity index (χ2n) is 9.78.